The van der Waals surface area contributed by atoms with Crippen molar-refractivity contribution < 1.29 is 18.0 Å². The molecule has 0 aromatic heterocycles. The molecule has 0 aliphatic carbocycles. The van der Waals surface area contributed by atoms with E-state index in [4.69, 9.17) is 11.6 Å². The summed E-state index contributed by atoms with van der Waals surface area (Å²) in [5.74, 6) is 0. The van der Waals surface area contributed by atoms with Gasteiger partial charge in [-0.3, -0.25) is 4.79 Å². The fraction of sp³-hybridized carbons (Fsp3) is 0.364. The van der Waals surface area contributed by atoms with E-state index in [1.54, 1.807) is 0 Å². The molecule has 0 fully saturated rings. The third-order valence-electron chi connectivity index (χ3n) is 2.79. The number of amides is 1. The number of hydrogen-bond donors (Lipinski definition) is 0. The van der Waals surface area contributed by atoms with Crippen molar-refractivity contribution in [3.63, 3.8) is 0 Å². The van der Waals surface area contributed by atoms with Gasteiger partial charge < -0.3 is 4.90 Å². The third kappa shape index (κ3) is 2.54. The van der Waals surface area contributed by atoms with Crippen LogP contribution in [-0.4, -0.2) is 16.8 Å². The maximum Gasteiger partial charge on any atom is 0.416 e. The minimum atomic E-state index is -4.32. The summed E-state index contributed by atoms with van der Waals surface area (Å²) >= 11 is 5.33. The van der Waals surface area contributed by atoms with Crippen molar-refractivity contribution in [3.05, 3.63) is 34.9 Å². The van der Waals surface area contributed by atoms with E-state index in [2.05, 4.69) is 0 Å². The number of hydrogen-bond acceptors (Lipinski definition) is 1. The second-order valence-corrected chi connectivity index (χ2v) is 4.23. The lowest BCUT2D eigenvalue weighted by Crippen LogP contribution is -2.32. The smallest absolute Gasteiger partial charge is 0.325 e. The highest BCUT2D eigenvalue weighted by Crippen LogP contribution is 2.32. The number of fused-ring (bicyclic) bond motifs is 1. The zero-order valence-electron chi connectivity index (χ0n) is 8.72. The fourth-order valence-electron chi connectivity index (χ4n) is 1.88. The van der Waals surface area contributed by atoms with Gasteiger partial charge in [-0.25, -0.2) is 0 Å². The SMILES string of the molecule is O=C(Cl)N1CCc2cc(C(F)(F)F)ccc2C1. The number of carbonyl (C=O) groups is 1. The van der Waals surface area contributed by atoms with Gasteiger partial charge in [0.1, 0.15) is 0 Å². The van der Waals surface area contributed by atoms with E-state index in [1.807, 2.05) is 0 Å². The Morgan fingerprint density at radius 2 is 2.00 bits per heavy atom. The van der Waals surface area contributed by atoms with Crippen molar-refractivity contribution in [3.8, 4) is 0 Å². The van der Waals surface area contributed by atoms with E-state index in [1.165, 1.54) is 11.0 Å². The number of benzene rings is 1. The molecule has 1 aliphatic rings. The van der Waals surface area contributed by atoms with Gasteiger partial charge in [0.25, 0.3) is 0 Å². The summed E-state index contributed by atoms with van der Waals surface area (Å²) in [6, 6.07) is 3.58. The molecule has 1 aromatic rings. The Bertz CT molecular complexity index is 459. The maximum atomic E-state index is 12.5. The number of alkyl halides is 3. The van der Waals surface area contributed by atoms with Gasteiger partial charge in [0.15, 0.2) is 0 Å². The minimum absolute atomic E-state index is 0.274. The molecule has 1 aliphatic heterocycles. The molecule has 0 saturated carbocycles. The zero-order chi connectivity index (χ0) is 12.6. The molecule has 0 bridgehead atoms. The Labute approximate surface area is 101 Å². The Hall–Kier alpha value is -1.23. The summed E-state index contributed by atoms with van der Waals surface area (Å²) in [6.07, 6.45) is -3.92. The Balaban J connectivity index is 2.29. The quantitative estimate of drug-likeness (QED) is 0.519. The summed E-state index contributed by atoms with van der Waals surface area (Å²) in [5.41, 5.74) is 0.703. The largest absolute Gasteiger partial charge is 0.416 e. The van der Waals surface area contributed by atoms with Gasteiger partial charge in [-0.15, -0.1) is 0 Å². The molecule has 1 aromatic carbocycles. The van der Waals surface area contributed by atoms with Crippen LogP contribution in [0, 0.1) is 0 Å². The molecule has 2 rings (SSSR count). The summed E-state index contributed by atoms with van der Waals surface area (Å²) in [4.78, 5) is 12.3. The molecule has 6 heteroatoms. The first-order valence-corrected chi connectivity index (χ1v) is 5.39. The number of rotatable bonds is 0. The minimum Gasteiger partial charge on any atom is -0.325 e. The molecule has 0 unspecified atom stereocenters. The van der Waals surface area contributed by atoms with E-state index in [0.717, 1.165) is 17.7 Å². The van der Waals surface area contributed by atoms with Gasteiger partial charge in [-0.05, 0) is 41.3 Å². The predicted octanol–water partition coefficient (Wildman–Crippen LogP) is 3.42. The van der Waals surface area contributed by atoms with E-state index >= 15 is 0 Å². The van der Waals surface area contributed by atoms with Crippen LogP contribution in [0.2, 0.25) is 0 Å². The van der Waals surface area contributed by atoms with Crippen LogP contribution in [0.5, 0.6) is 0 Å². The van der Waals surface area contributed by atoms with Crippen molar-refractivity contribution in [1.29, 1.82) is 0 Å². The molecule has 0 N–H and O–H groups in total. The molecule has 1 amide bonds. The standard InChI is InChI=1S/C11H9ClF3NO/c12-10(17)16-4-3-7-5-9(11(13,14)15)2-1-8(7)6-16/h1-2,5H,3-4,6H2. The van der Waals surface area contributed by atoms with Crippen LogP contribution in [0.3, 0.4) is 0 Å². The normalized spacial score (nSPS) is 15.6. The van der Waals surface area contributed by atoms with Crippen molar-refractivity contribution in [2.75, 3.05) is 6.54 Å². The van der Waals surface area contributed by atoms with Gasteiger partial charge in [0.05, 0.1) is 5.56 Å². The topological polar surface area (TPSA) is 20.3 Å². The van der Waals surface area contributed by atoms with Gasteiger partial charge in [0, 0.05) is 13.1 Å². The zero-order valence-corrected chi connectivity index (χ0v) is 9.48. The second kappa shape index (κ2) is 4.22. The van der Waals surface area contributed by atoms with Gasteiger partial charge in [-0.2, -0.15) is 13.2 Å². The monoisotopic (exact) mass is 263 g/mol. The number of halogens is 4. The molecule has 2 nitrogen and oxygen atoms in total. The van der Waals surface area contributed by atoms with Crippen molar-refractivity contribution in [1.82, 2.24) is 4.90 Å². The molecule has 17 heavy (non-hydrogen) atoms. The van der Waals surface area contributed by atoms with Crippen molar-refractivity contribution in [2.45, 2.75) is 19.1 Å². The molecule has 1 heterocycles. The Kier molecular flexibility index (Phi) is 3.03. The lowest BCUT2D eigenvalue weighted by molar-refractivity contribution is -0.137. The molecular weight excluding hydrogens is 255 g/mol. The lowest BCUT2D eigenvalue weighted by atomic mass is 9.97. The first kappa shape index (κ1) is 12.2. The highest BCUT2D eigenvalue weighted by Gasteiger charge is 2.31. The van der Waals surface area contributed by atoms with Crippen molar-refractivity contribution >= 4 is 17.0 Å². The average molecular weight is 264 g/mol. The van der Waals surface area contributed by atoms with E-state index in [0.29, 0.717) is 18.5 Å². The molecule has 0 saturated heterocycles. The van der Waals surface area contributed by atoms with Gasteiger partial charge in [-0.1, -0.05) is 6.07 Å². The first-order valence-electron chi connectivity index (χ1n) is 5.01. The molecule has 0 atom stereocenters. The Morgan fingerprint density at radius 3 is 2.59 bits per heavy atom. The van der Waals surface area contributed by atoms with Crippen LogP contribution in [0.15, 0.2) is 18.2 Å². The predicted molar refractivity (Wildman–Crippen MR) is 56.8 cm³/mol. The van der Waals surface area contributed by atoms with Crippen LogP contribution < -0.4 is 0 Å². The Morgan fingerprint density at radius 1 is 1.29 bits per heavy atom. The first-order chi connectivity index (χ1) is 7.88. The fourth-order valence-corrected chi connectivity index (χ4v) is 2.02. The number of nitrogens with zero attached hydrogens (tertiary/aromatic N) is 1. The van der Waals surface area contributed by atoms with E-state index in [9.17, 15) is 18.0 Å². The summed E-state index contributed by atoms with van der Waals surface area (Å²) in [5, 5.41) is -0.574. The lowest BCUT2D eigenvalue weighted by Gasteiger charge is -2.27. The van der Waals surface area contributed by atoms with Crippen LogP contribution in [0.4, 0.5) is 18.0 Å². The summed E-state index contributed by atoms with van der Waals surface area (Å²) in [6.45, 7) is 0.631. The second-order valence-electron chi connectivity index (χ2n) is 3.91. The van der Waals surface area contributed by atoms with Crippen LogP contribution in [-0.2, 0) is 19.1 Å². The van der Waals surface area contributed by atoms with E-state index < -0.39 is 17.1 Å². The van der Waals surface area contributed by atoms with Crippen LogP contribution >= 0.6 is 11.6 Å². The number of carbonyl (C=O) groups excluding carboxylic acids is 1. The molecule has 0 spiro atoms. The highest BCUT2D eigenvalue weighted by molar-refractivity contribution is 6.62. The van der Waals surface area contributed by atoms with Crippen molar-refractivity contribution in [2.24, 2.45) is 0 Å². The van der Waals surface area contributed by atoms with Gasteiger partial charge >= 0.3 is 11.5 Å². The summed E-state index contributed by atoms with van der Waals surface area (Å²) < 4.78 is 37.4. The average Bonchev–Trinajstić information content (AvgIpc) is 2.26. The van der Waals surface area contributed by atoms with Crippen LogP contribution in [0.1, 0.15) is 16.7 Å². The maximum absolute atomic E-state index is 12.5. The van der Waals surface area contributed by atoms with E-state index in [-0.39, 0.29) is 6.54 Å². The molecule has 0 radical (unpaired) electrons. The van der Waals surface area contributed by atoms with Crippen LogP contribution in [0.25, 0.3) is 0 Å². The summed E-state index contributed by atoms with van der Waals surface area (Å²) in [7, 11) is 0. The third-order valence-corrected chi connectivity index (χ3v) is 3.03. The highest BCUT2D eigenvalue weighted by atomic mass is 35.5. The molecule has 92 valence electrons. The molecular formula is C11H9ClF3NO. The van der Waals surface area contributed by atoms with Gasteiger partial charge in [0.2, 0.25) is 0 Å².